The summed E-state index contributed by atoms with van der Waals surface area (Å²) in [4.78, 5) is 28.0. The molecule has 0 unspecified atom stereocenters. The number of piperidine rings is 1. The fourth-order valence-electron chi connectivity index (χ4n) is 3.96. The Morgan fingerprint density at radius 2 is 1.93 bits per heavy atom. The molecule has 2 aromatic heterocycles. The van der Waals surface area contributed by atoms with Gasteiger partial charge in [0.2, 0.25) is 0 Å². The Labute approximate surface area is 175 Å². The van der Waals surface area contributed by atoms with Gasteiger partial charge in [0.1, 0.15) is 16.5 Å². The van der Waals surface area contributed by atoms with Crippen molar-refractivity contribution < 1.29 is 14.3 Å². The number of amides is 1. The number of nitrogens with one attached hydrogen (secondary N) is 1. The van der Waals surface area contributed by atoms with Gasteiger partial charge in [-0.2, -0.15) is 0 Å². The molecule has 1 amide bonds. The number of carbonyl (C=O) groups excluding carboxylic acids is 1. The Hall–Kier alpha value is -1.97. The van der Waals surface area contributed by atoms with Gasteiger partial charge in [0.05, 0.1) is 32.3 Å². The zero-order chi connectivity index (χ0) is 20.4. The zero-order valence-corrected chi connectivity index (χ0v) is 18.2. The summed E-state index contributed by atoms with van der Waals surface area (Å²) in [5.74, 6) is 1.78. The van der Waals surface area contributed by atoms with Crippen LogP contribution in [0.5, 0.6) is 0 Å². The van der Waals surface area contributed by atoms with Crippen molar-refractivity contribution in [3.8, 4) is 0 Å². The van der Waals surface area contributed by atoms with Crippen LogP contribution in [-0.4, -0.2) is 78.4 Å². The molecule has 158 valence electrons. The second kappa shape index (κ2) is 8.81. The lowest BCUT2D eigenvalue weighted by Gasteiger charge is -2.32. The van der Waals surface area contributed by atoms with Crippen LogP contribution < -0.4 is 5.32 Å². The maximum Gasteiger partial charge on any atom is 0.409 e. The predicted octanol–water partition coefficient (Wildman–Crippen LogP) is 2.78. The summed E-state index contributed by atoms with van der Waals surface area (Å²) in [6, 6.07) is 0.282. The van der Waals surface area contributed by atoms with Crippen LogP contribution >= 0.6 is 11.3 Å². The molecule has 0 bridgehead atoms. The molecular weight excluding hydrogens is 390 g/mol. The van der Waals surface area contributed by atoms with Gasteiger partial charge in [-0.15, -0.1) is 11.3 Å². The SMILES string of the molecule is COC(=O)N1CCC(Nc2nc(CN3CCOCC3)nc3sc(C)c(C)c23)CC1. The number of rotatable bonds is 4. The highest BCUT2D eigenvalue weighted by Gasteiger charge is 2.25. The van der Waals surface area contributed by atoms with E-state index < -0.39 is 0 Å². The largest absolute Gasteiger partial charge is 0.453 e. The van der Waals surface area contributed by atoms with Gasteiger partial charge in [0, 0.05) is 37.1 Å². The van der Waals surface area contributed by atoms with Gasteiger partial charge in [-0.05, 0) is 32.3 Å². The van der Waals surface area contributed by atoms with Crippen LogP contribution in [0.3, 0.4) is 0 Å². The van der Waals surface area contributed by atoms with Crippen molar-refractivity contribution >= 4 is 33.5 Å². The second-order valence-electron chi connectivity index (χ2n) is 7.72. The number of morpholine rings is 1. The van der Waals surface area contributed by atoms with Gasteiger partial charge in [-0.3, -0.25) is 4.90 Å². The number of thiophene rings is 1. The van der Waals surface area contributed by atoms with E-state index in [1.807, 2.05) is 0 Å². The number of aromatic nitrogens is 2. The lowest BCUT2D eigenvalue weighted by atomic mass is 10.1. The molecule has 0 spiro atoms. The van der Waals surface area contributed by atoms with Crippen molar-refractivity contribution in [2.24, 2.45) is 0 Å². The van der Waals surface area contributed by atoms with E-state index in [-0.39, 0.29) is 12.1 Å². The van der Waals surface area contributed by atoms with E-state index >= 15 is 0 Å². The summed E-state index contributed by atoms with van der Waals surface area (Å²) in [6.45, 7) is 9.78. The number of nitrogens with zero attached hydrogens (tertiary/aromatic N) is 4. The van der Waals surface area contributed by atoms with E-state index in [4.69, 9.17) is 19.4 Å². The highest BCUT2D eigenvalue weighted by Crippen LogP contribution is 2.34. The molecule has 0 atom stereocenters. The quantitative estimate of drug-likeness (QED) is 0.816. The van der Waals surface area contributed by atoms with Gasteiger partial charge >= 0.3 is 6.09 Å². The van der Waals surface area contributed by atoms with E-state index in [9.17, 15) is 4.79 Å². The van der Waals surface area contributed by atoms with E-state index in [0.717, 1.165) is 67.5 Å². The van der Waals surface area contributed by atoms with Crippen molar-refractivity contribution in [2.45, 2.75) is 39.3 Å². The molecule has 2 aromatic rings. The first-order valence-electron chi connectivity index (χ1n) is 10.2. The number of carbonyl (C=O) groups is 1. The molecule has 0 aliphatic carbocycles. The first kappa shape index (κ1) is 20.3. The van der Waals surface area contributed by atoms with Crippen molar-refractivity contribution in [2.75, 3.05) is 51.8 Å². The van der Waals surface area contributed by atoms with Crippen LogP contribution in [0.1, 0.15) is 29.1 Å². The minimum atomic E-state index is -0.245. The minimum absolute atomic E-state index is 0.245. The van der Waals surface area contributed by atoms with Crippen LogP contribution in [0.25, 0.3) is 10.2 Å². The predicted molar refractivity (Wildman–Crippen MR) is 114 cm³/mol. The third-order valence-corrected chi connectivity index (χ3v) is 6.91. The number of fused-ring (bicyclic) bond motifs is 1. The average Bonchev–Trinajstić information content (AvgIpc) is 3.02. The Balaban J connectivity index is 1.54. The first-order chi connectivity index (χ1) is 14.0. The topological polar surface area (TPSA) is 79.8 Å². The van der Waals surface area contributed by atoms with Crippen LogP contribution in [0.4, 0.5) is 10.6 Å². The summed E-state index contributed by atoms with van der Waals surface area (Å²) in [7, 11) is 1.43. The summed E-state index contributed by atoms with van der Waals surface area (Å²) in [5, 5.41) is 4.80. The molecule has 29 heavy (non-hydrogen) atoms. The molecule has 9 heteroatoms. The molecule has 2 aliphatic heterocycles. The number of anilines is 1. The molecule has 0 radical (unpaired) electrons. The highest BCUT2D eigenvalue weighted by molar-refractivity contribution is 7.18. The van der Waals surface area contributed by atoms with E-state index in [0.29, 0.717) is 13.1 Å². The first-order valence-corrected chi connectivity index (χ1v) is 11.0. The molecule has 8 nitrogen and oxygen atoms in total. The van der Waals surface area contributed by atoms with Gasteiger partial charge in [0.15, 0.2) is 0 Å². The summed E-state index contributed by atoms with van der Waals surface area (Å²) in [6.07, 6.45) is 1.51. The molecule has 4 rings (SSSR count). The molecule has 2 saturated heterocycles. The van der Waals surface area contributed by atoms with Gasteiger partial charge in [0.25, 0.3) is 0 Å². The van der Waals surface area contributed by atoms with Crippen molar-refractivity contribution in [3.63, 3.8) is 0 Å². The normalized spacial score (nSPS) is 18.9. The maximum absolute atomic E-state index is 11.7. The molecule has 1 N–H and O–H groups in total. The highest BCUT2D eigenvalue weighted by atomic mass is 32.1. The lowest BCUT2D eigenvalue weighted by Crippen LogP contribution is -2.42. The van der Waals surface area contributed by atoms with E-state index in [1.165, 1.54) is 17.6 Å². The number of ether oxygens (including phenoxy) is 2. The summed E-state index contributed by atoms with van der Waals surface area (Å²) in [5.41, 5.74) is 1.25. The van der Waals surface area contributed by atoms with Crippen LogP contribution in [-0.2, 0) is 16.0 Å². The fourth-order valence-corrected chi connectivity index (χ4v) is 5.01. The fraction of sp³-hybridized carbons (Fsp3) is 0.650. The van der Waals surface area contributed by atoms with Gasteiger partial charge < -0.3 is 19.7 Å². The second-order valence-corrected chi connectivity index (χ2v) is 8.92. The summed E-state index contributed by atoms with van der Waals surface area (Å²) >= 11 is 1.73. The standard InChI is InChI=1S/C20H29N5O3S/c1-13-14(2)29-19-17(13)18(21-15-4-6-25(7-5-15)20(26)27-3)22-16(23-19)12-24-8-10-28-11-9-24/h15H,4-12H2,1-3H3,(H,21,22,23). The van der Waals surface area contributed by atoms with Gasteiger partial charge in [-0.25, -0.2) is 14.8 Å². The number of hydrogen-bond donors (Lipinski definition) is 1. The van der Waals surface area contributed by atoms with E-state index in [1.54, 1.807) is 16.2 Å². The third kappa shape index (κ3) is 4.46. The van der Waals surface area contributed by atoms with Crippen molar-refractivity contribution in [3.05, 3.63) is 16.3 Å². The van der Waals surface area contributed by atoms with Gasteiger partial charge in [-0.1, -0.05) is 0 Å². The monoisotopic (exact) mass is 419 g/mol. The minimum Gasteiger partial charge on any atom is -0.453 e. The zero-order valence-electron chi connectivity index (χ0n) is 17.4. The Bertz CT molecular complexity index is 873. The molecule has 0 saturated carbocycles. The van der Waals surface area contributed by atoms with Crippen molar-refractivity contribution in [1.29, 1.82) is 0 Å². The van der Waals surface area contributed by atoms with Crippen LogP contribution in [0.2, 0.25) is 0 Å². The lowest BCUT2D eigenvalue weighted by molar-refractivity contribution is 0.0331. The van der Waals surface area contributed by atoms with Crippen LogP contribution in [0, 0.1) is 13.8 Å². The molecule has 0 aromatic carbocycles. The number of hydrogen-bond acceptors (Lipinski definition) is 8. The average molecular weight is 420 g/mol. The molecule has 2 aliphatic rings. The molecular formula is C20H29N5O3S. The van der Waals surface area contributed by atoms with Crippen LogP contribution in [0.15, 0.2) is 0 Å². The van der Waals surface area contributed by atoms with Crippen molar-refractivity contribution in [1.82, 2.24) is 19.8 Å². The molecule has 2 fully saturated rings. The smallest absolute Gasteiger partial charge is 0.409 e. The maximum atomic E-state index is 11.7. The van der Waals surface area contributed by atoms with E-state index in [2.05, 4.69) is 24.1 Å². The number of aryl methyl sites for hydroxylation is 2. The number of likely N-dealkylation sites (tertiary alicyclic amines) is 1. The number of methoxy groups -OCH3 is 1. The third-order valence-electron chi connectivity index (χ3n) is 5.81. The Kier molecular flexibility index (Phi) is 6.17. The Morgan fingerprint density at radius 3 is 2.62 bits per heavy atom. The Morgan fingerprint density at radius 1 is 1.21 bits per heavy atom. The molecule has 4 heterocycles. The summed E-state index contributed by atoms with van der Waals surface area (Å²) < 4.78 is 10.3.